The van der Waals surface area contributed by atoms with Gasteiger partial charge in [-0.15, -0.1) is 0 Å². The van der Waals surface area contributed by atoms with Crippen LogP contribution in [0.4, 0.5) is 5.82 Å². The molecular formula is C13H23N3O2. The Kier molecular flexibility index (Phi) is 7.88. The minimum Gasteiger partial charge on any atom is -0.478 e. The minimum absolute atomic E-state index is 0.622. The van der Waals surface area contributed by atoms with Gasteiger partial charge in [-0.2, -0.15) is 0 Å². The van der Waals surface area contributed by atoms with Crippen LogP contribution in [0.3, 0.4) is 0 Å². The molecule has 0 aliphatic heterocycles. The van der Waals surface area contributed by atoms with Crippen molar-refractivity contribution >= 4 is 5.82 Å². The van der Waals surface area contributed by atoms with E-state index in [0.29, 0.717) is 12.5 Å². The molecule has 0 radical (unpaired) electrons. The number of rotatable bonds is 10. The van der Waals surface area contributed by atoms with Gasteiger partial charge < -0.3 is 14.8 Å². The molecule has 1 aromatic heterocycles. The summed E-state index contributed by atoms with van der Waals surface area (Å²) in [7, 11) is 0. The molecule has 0 aliphatic carbocycles. The lowest BCUT2D eigenvalue weighted by atomic mass is 10.4. The average molecular weight is 253 g/mol. The van der Waals surface area contributed by atoms with Gasteiger partial charge in [0.05, 0.1) is 6.61 Å². The summed E-state index contributed by atoms with van der Waals surface area (Å²) in [6.45, 7) is 7.32. The molecule has 18 heavy (non-hydrogen) atoms. The van der Waals surface area contributed by atoms with Gasteiger partial charge in [0, 0.05) is 25.8 Å². The molecule has 0 saturated carbocycles. The van der Waals surface area contributed by atoms with Crippen LogP contribution in [0.25, 0.3) is 0 Å². The Hall–Kier alpha value is -1.36. The Labute approximate surface area is 109 Å². The number of nitrogens with zero attached hydrogens (tertiary/aromatic N) is 2. The van der Waals surface area contributed by atoms with E-state index in [0.717, 1.165) is 44.8 Å². The van der Waals surface area contributed by atoms with E-state index < -0.39 is 0 Å². The molecule has 0 unspecified atom stereocenters. The third-order valence-corrected chi connectivity index (χ3v) is 2.22. The van der Waals surface area contributed by atoms with Crippen LogP contribution in [0, 0.1) is 0 Å². The quantitative estimate of drug-likeness (QED) is 0.649. The molecule has 5 heteroatoms. The van der Waals surface area contributed by atoms with Crippen molar-refractivity contribution in [3.05, 3.63) is 12.4 Å². The lowest BCUT2D eigenvalue weighted by molar-refractivity contribution is 0.134. The predicted molar refractivity (Wildman–Crippen MR) is 72.0 cm³/mol. The van der Waals surface area contributed by atoms with E-state index >= 15 is 0 Å². The van der Waals surface area contributed by atoms with Crippen LogP contribution in [0.15, 0.2) is 12.4 Å². The highest BCUT2D eigenvalue weighted by molar-refractivity contribution is 5.36. The van der Waals surface area contributed by atoms with Gasteiger partial charge in [-0.1, -0.05) is 13.8 Å². The highest BCUT2D eigenvalue weighted by Gasteiger charge is 1.98. The molecule has 0 saturated heterocycles. The SMILES string of the molecule is CCCOCCCNc1cc(OCCC)ncn1. The normalized spacial score (nSPS) is 10.3. The predicted octanol–water partition coefficient (Wildman–Crippen LogP) is 2.49. The summed E-state index contributed by atoms with van der Waals surface area (Å²) >= 11 is 0. The number of ether oxygens (including phenoxy) is 2. The van der Waals surface area contributed by atoms with Crippen molar-refractivity contribution in [2.24, 2.45) is 0 Å². The third-order valence-electron chi connectivity index (χ3n) is 2.22. The summed E-state index contributed by atoms with van der Waals surface area (Å²) in [6.07, 6.45) is 4.52. The summed E-state index contributed by atoms with van der Waals surface area (Å²) < 4.78 is 10.8. The summed E-state index contributed by atoms with van der Waals surface area (Å²) in [6, 6.07) is 1.82. The Morgan fingerprint density at radius 1 is 1.11 bits per heavy atom. The summed E-state index contributed by atoms with van der Waals surface area (Å²) in [4.78, 5) is 8.19. The second-order valence-electron chi connectivity index (χ2n) is 3.98. The number of hydrogen-bond acceptors (Lipinski definition) is 5. The van der Waals surface area contributed by atoms with Crippen LogP contribution < -0.4 is 10.1 Å². The number of nitrogens with one attached hydrogen (secondary N) is 1. The highest BCUT2D eigenvalue weighted by Crippen LogP contribution is 2.10. The summed E-state index contributed by atoms with van der Waals surface area (Å²) in [5.74, 6) is 1.42. The van der Waals surface area contributed by atoms with Crippen LogP contribution in [0.2, 0.25) is 0 Å². The fraction of sp³-hybridized carbons (Fsp3) is 0.692. The molecule has 5 nitrogen and oxygen atoms in total. The van der Waals surface area contributed by atoms with Gasteiger partial charge in [0.2, 0.25) is 5.88 Å². The van der Waals surface area contributed by atoms with Gasteiger partial charge in [0.15, 0.2) is 0 Å². The molecule has 0 amide bonds. The largest absolute Gasteiger partial charge is 0.478 e. The van der Waals surface area contributed by atoms with Crippen molar-refractivity contribution in [2.45, 2.75) is 33.1 Å². The maximum absolute atomic E-state index is 5.44. The lowest BCUT2D eigenvalue weighted by Crippen LogP contribution is -2.08. The van der Waals surface area contributed by atoms with Crippen molar-refractivity contribution in [3.63, 3.8) is 0 Å². The van der Waals surface area contributed by atoms with Crippen molar-refractivity contribution in [3.8, 4) is 5.88 Å². The van der Waals surface area contributed by atoms with E-state index in [9.17, 15) is 0 Å². The smallest absolute Gasteiger partial charge is 0.218 e. The molecule has 0 aromatic carbocycles. The maximum Gasteiger partial charge on any atom is 0.218 e. The summed E-state index contributed by atoms with van der Waals surface area (Å²) in [5, 5.41) is 3.23. The molecule has 0 spiro atoms. The topological polar surface area (TPSA) is 56.3 Å². The second-order valence-corrected chi connectivity index (χ2v) is 3.98. The Morgan fingerprint density at radius 2 is 1.94 bits per heavy atom. The molecule has 1 N–H and O–H groups in total. The molecule has 1 heterocycles. The maximum atomic E-state index is 5.44. The zero-order valence-electron chi connectivity index (χ0n) is 11.3. The monoisotopic (exact) mass is 253 g/mol. The molecule has 0 fully saturated rings. The van der Waals surface area contributed by atoms with Crippen LogP contribution in [-0.4, -0.2) is 36.3 Å². The van der Waals surface area contributed by atoms with E-state index in [1.165, 1.54) is 6.33 Å². The average Bonchev–Trinajstić information content (AvgIpc) is 2.41. The highest BCUT2D eigenvalue weighted by atomic mass is 16.5. The van der Waals surface area contributed by atoms with Crippen LogP contribution in [0.5, 0.6) is 5.88 Å². The lowest BCUT2D eigenvalue weighted by Gasteiger charge is -2.07. The molecule has 0 atom stereocenters. The van der Waals surface area contributed by atoms with E-state index in [4.69, 9.17) is 9.47 Å². The van der Waals surface area contributed by atoms with Crippen molar-refractivity contribution < 1.29 is 9.47 Å². The fourth-order valence-corrected chi connectivity index (χ4v) is 1.36. The van der Waals surface area contributed by atoms with Gasteiger partial charge in [0.1, 0.15) is 12.1 Å². The first-order valence-electron chi connectivity index (χ1n) is 6.63. The van der Waals surface area contributed by atoms with Crippen LogP contribution >= 0.6 is 0 Å². The summed E-state index contributed by atoms with van der Waals surface area (Å²) in [5.41, 5.74) is 0. The van der Waals surface area contributed by atoms with Crippen molar-refractivity contribution in [1.29, 1.82) is 0 Å². The van der Waals surface area contributed by atoms with Gasteiger partial charge in [-0.25, -0.2) is 9.97 Å². The standard InChI is InChI=1S/C13H23N3O2/c1-3-7-17-9-5-6-14-12-10-13(16-11-15-12)18-8-4-2/h10-11H,3-9H2,1-2H3,(H,14,15,16). The van der Waals surface area contributed by atoms with E-state index in [2.05, 4.69) is 29.1 Å². The van der Waals surface area contributed by atoms with E-state index in [-0.39, 0.29) is 0 Å². The first kappa shape index (κ1) is 14.7. The zero-order valence-corrected chi connectivity index (χ0v) is 11.3. The number of anilines is 1. The number of hydrogen-bond donors (Lipinski definition) is 1. The Balaban J connectivity index is 2.20. The van der Waals surface area contributed by atoms with Crippen LogP contribution in [-0.2, 0) is 4.74 Å². The molecular weight excluding hydrogens is 230 g/mol. The number of aromatic nitrogens is 2. The second kappa shape index (κ2) is 9.65. The van der Waals surface area contributed by atoms with Gasteiger partial charge in [-0.05, 0) is 19.3 Å². The molecule has 1 aromatic rings. The molecule has 1 rings (SSSR count). The van der Waals surface area contributed by atoms with Crippen molar-refractivity contribution in [2.75, 3.05) is 31.7 Å². The third kappa shape index (κ3) is 6.39. The molecule has 0 bridgehead atoms. The van der Waals surface area contributed by atoms with Crippen LogP contribution in [0.1, 0.15) is 33.1 Å². The Morgan fingerprint density at radius 3 is 2.72 bits per heavy atom. The molecule has 0 aliphatic rings. The van der Waals surface area contributed by atoms with Gasteiger partial charge >= 0.3 is 0 Å². The fourth-order valence-electron chi connectivity index (χ4n) is 1.36. The van der Waals surface area contributed by atoms with E-state index in [1.807, 2.05) is 6.07 Å². The van der Waals surface area contributed by atoms with Gasteiger partial charge in [-0.3, -0.25) is 0 Å². The zero-order chi connectivity index (χ0) is 13.1. The first-order valence-corrected chi connectivity index (χ1v) is 6.63. The minimum atomic E-state index is 0.622. The van der Waals surface area contributed by atoms with Crippen molar-refractivity contribution in [1.82, 2.24) is 9.97 Å². The van der Waals surface area contributed by atoms with E-state index in [1.54, 1.807) is 0 Å². The molecule has 102 valence electrons. The Bertz CT molecular complexity index is 321. The van der Waals surface area contributed by atoms with Gasteiger partial charge in [0.25, 0.3) is 0 Å². The first-order chi connectivity index (χ1) is 8.86.